The molecule has 0 radical (unpaired) electrons. The molecule has 26 heavy (non-hydrogen) atoms. The van der Waals surface area contributed by atoms with E-state index in [1.54, 1.807) is 31.5 Å². The van der Waals surface area contributed by atoms with Crippen LogP contribution in [-0.4, -0.2) is 18.1 Å². The fraction of sp³-hybridized carbons (Fsp3) is 0.105. The summed E-state index contributed by atoms with van der Waals surface area (Å²) in [5, 5.41) is 9.56. The van der Waals surface area contributed by atoms with E-state index >= 15 is 0 Å². The summed E-state index contributed by atoms with van der Waals surface area (Å²) in [4.78, 5) is 9.50. The van der Waals surface area contributed by atoms with Crippen LogP contribution in [0.25, 0.3) is 11.3 Å². The molecule has 0 fully saturated rings. The smallest absolute Gasteiger partial charge is 0.214 e. The highest BCUT2D eigenvalue weighted by molar-refractivity contribution is 5.99. The van der Waals surface area contributed by atoms with Gasteiger partial charge in [-0.1, -0.05) is 18.2 Å². The van der Waals surface area contributed by atoms with Crippen molar-refractivity contribution in [2.75, 3.05) is 12.0 Å². The first-order chi connectivity index (χ1) is 12.6. The number of aliphatic imine (C=N–C) groups is 1. The first-order valence-electron chi connectivity index (χ1n) is 7.80. The summed E-state index contributed by atoms with van der Waals surface area (Å²) in [6.45, 7) is 1.93. The van der Waals surface area contributed by atoms with E-state index in [1.807, 2.05) is 37.4 Å². The van der Waals surface area contributed by atoms with Gasteiger partial charge < -0.3 is 14.9 Å². The van der Waals surface area contributed by atoms with Crippen LogP contribution in [0.1, 0.15) is 5.56 Å². The van der Waals surface area contributed by atoms with E-state index in [0.717, 1.165) is 11.1 Å². The molecule has 0 amide bonds. The lowest BCUT2D eigenvalue weighted by molar-refractivity contribution is 0.415. The van der Waals surface area contributed by atoms with Crippen LogP contribution in [0, 0.1) is 18.4 Å². The lowest BCUT2D eigenvalue weighted by atomic mass is 10.1. The van der Waals surface area contributed by atoms with Gasteiger partial charge in [0.2, 0.25) is 5.96 Å². The average molecular weight is 347 g/mol. The number of anilines is 1. The standard InChI is InChI=1S/C19H17N5O2/c1-13-5-3-4-6-16(13)23-19(21)24(11-20)14-7-8-15(17(9-14)25-2)18-10-22-12-26-18/h3-10,12H,1-2H3,(H2,21,23). The number of hydrogen-bond acceptors (Lipinski definition) is 5. The second kappa shape index (κ2) is 7.40. The summed E-state index contributed by atoms with van der Waals surface area (Å²) in [5.41, 5.74) is 8.99. The number of nitrogens with two attached hydrogens (primary N) is 1. The maximum Gasteiger partial charge on any atom is 0.214 e. The van der Waals surface area contributed by atoms with Gasteiger partial charge in [0.15, 0.2) is 18.3 Å². The molecule has 3 rings (SSSR count). The molecule has 3 aromatic rings. The van der Waals surface area contributed by atoms with Crippen LogP contribution in [-0.2, 0) is 0 Å². The normalized spacial score (nSPS) is 11.0. The number of hydrogen-bond donors (Lipinski definition) is 1. The largest absolute Gasteiger partial charge is 0.496 e. The molecule has 0 atom stereocenters. The van der Waals surface area contributed by atoms with Crippen molar-refractivity contribution in [1.29, 1.82) is 5.26 Å². The lowest BCUT2D eigenvalue weighted by Gasteiger charge is -2.17. The van der Waals surface area contributed by atoms with Crippen molar-refractivity contribution in [3.8, 4) is 23.3 Å². The fourth-order valence-corrected chi connectivity index (χ4v) is 2.47. The van der Waals surface area contributed by atoms with Gasteiger partial charge in [-0.2, -0.15) is 5.26 Å². The third-order valence-electron chi connectivity index (χ3n) is 3.82. The Morgan fingerprint density at radius 2 is 2.12 bits per heavy atom. The van der Waals surface area contributed by atoms with Crippen LogP contribution in [0.15, 0.2) is 64.5 Å². The van der Waals surface area contributed by atoms with Crippen molar-refractivity contribution in [3.63, 3.8) is 0 Å². The molecule has 7 nitrogen and oxygen atoms in total. The summed E-state index contributed by atoms with van der Waals surface area (Å²) >= 11 is 0. The fourth-order valence-electron chi connectivity index (χ4n) is 2.47. The molecule has 0 aliphatic carbocycles. The van der Waals surface area contributed by atoms with Gasteiger partial charge in [-0.05, 0) is 30.7 Å². The van der Waals surface area contributed by atoms with E-state index in [-0.39, 0.29) is 5.96 Å². The quantitative estimate of drug-likeness (QED) is 0.335. The van der Waals surface area contributed by atoms with Crippen molar-refractivity contribution in [2.45, 2.75) is 6.92 Å². The molecule has 0 spiro atoms. The Hall–Kier alpha value is -3.79. The maximum atomic E-state index is 9.56. The van der Waals surface area contributed by atoms with Gasteiger partial charge in [0, 0.05) is 6.07 Å². The molecule has 1 aromatic heterocycles. The monoisotopic (exact) mass is 347 g/mol. The average Bonchev–Trinajstić information content (AvgIpc) is 3.18. The van der Waals surface area contributed by atoms with Crippen LogP contribution in [0.5, 0.6) is 5.75 Å². The molecular weight excluding hydrogens is 330 g/mol. The molecule has 0 saturated heterocycles. The number of nitrogens with zero attached hydrogens (tertiary/aromatic N) is 4. The zero-order chi connectivity index (χ0) is 18.5. The highest BCUT2D eigenvalue weighted by atomic mass is 16.5. The SMILES string of the molecule is COc1cc(N(C#N)/C(N)=N/c2ccccc2C)ccc1-c1cnco1. The second-order valence-corrected chi connectivity index (χ2v) is 5.44. The number of ether oxygens (including phenoxy) is 1. The van der Waals surface area contributed by atoms with E-state index in [9.17, 15) is 5.26 Å². The molecule has 130 valence electrons. The Morgan fingerprint density at radius 1 is 1.31 bits per heavy atom. The lowest BCUT2D eigenvalue weighted by Crippen LogP contribution is -2.33. The van der Waals surface area contributed by atoms with Gasteiger partial charge in [0.25, 0.3) is 0 Å². The van der Waals surface area contributed by atoms with Crippen molar-refractivity contribution in [2.24, 2.45) is 10.7 Å². The second-order valence-electron chi connectivity index (χ2n) is 5.44. The van der Waals surface area contributed by atoms with Gasteiger partial charge in [0.05, 0.1) is 30.2 Å². The Labute approximate surface area is 151 Å². The third kappa shape index (κ3) is 3.35. The molecule has 0 aliphatic heterocycles. The van der Waals surface area contributed by atoms with Gasteiger partial charge >= 0.3 is 0 Å². The Kier molecular flexibility index (Phi) is 4.85. The first kappa shape index (κ1) is 17.0. The molecule has 2 N–H and O–H groups in total. The van der Waals surface area contributed by atoms with E-state index in [4.69, 9.17) is 14.9 Å². The predicted molar refractivity (Wildman–Crippen MR) is 99.0 cm³/mol. The molecule has 0 unspecified atom stereocenters. The molecular formula is C19H17N5O2. The van der Waals surface area contributed by atoms with Crippen molar-refractivity contribution in [1.82, 2.24) is 4.98 Å². The van der Waals surface area contributed by atoms with Crippen LogP contribution < -0.4 is 15.4 Å². The number of nitriles is 1. The summed E-state index contributed by atoms with van der Waals surface area (Å²) < 4.78 is 10.7. The number of methoxy groups -OCH3 is 1. The number of guanidine groups is 1. The van der Waals surface area contributed by atoms with Gasteiger partial charge in [-0.25, -0.2) is 14.9 Å². The highest BCUT2D eigenvalue weighted by Gasteiger charge is 2.16. The van der Waals surface area contributed by atoms with Crippen molar-refractivity contribution < 1.29 is 9.15 Å². The first-order valence-corrected chi connectivity index (χ1v) is 7.80. The summed E-state index contributed by atoms with van der Waals surface area (Å²) in [6, 6.07) is 12.8. The Bertz CT molecular complexity index is 974. The predicted octanol–water partition coefficient (Wildman–Crippen LogP) is 3.59. The van der Waals surface area contributed by atoms with Crippen LogP contribution in [0.4, 0.5) is 11.4 Å². The van der Waals surface area contributed by atoms with Crippen LogP contribution in [0.2, 0.25) is 0 Å². The summed E-state index contributed by atoms with van der Waals surface area (Å²) in [7, 11) is 1.54. The zero-order valence-electron chi connectivity index (χ0n) is 14.4. The highest BCUT2D eigenvalue weighted by Crippen LogP contribution is 2.33. The molecule has 0 saturated carbocycles. The number of para-hydroxylation sites is 1. The minimum absolute atomic E-state index is 0.0660. The number of oxazole rings is 1. The van der Waals surface area contributed by atoms with Gasteiger partial charge in [-0.3, -0.25) is 0 Å². The summed E-state index contributed by atoms with van der Waals surface area (Å²) in [6.07, 6.45) is 4.98. The van der Waals surface area contributed by atoms with E-state index in [0.29, 0.717) is 22.9 Å². The summed E-state index contributed by atoms with van der Waals surface area (Å²) in [5.74, 6) is 1.16. The minimum Gasteiger partial charge on any atom is -0.496 e. The van der Waals surface area contributed by atoms with E-state index in [1.165, 1.54) is 11.3 Å². The van der Waals surface area contributed by atoms with Crippen LogP contribution >= 0.6 is 0 Å². The van der Waals surface area contributed by atoms with Crippen molar-refractivity contribution >= 4 is 17.3 Å². The number of aromatic nitrogens is 1. The van der Waals surface area contributed by atoms with Crippen LogP contribution in [0.3, 0.4) is 0 Å². The maximum absolute atomic E-state index is 9.56. The Balaban J connectivity index is 1.98. The van der Waals surface area contributed by atoms with E-state index in [2.05, 4.69) is 9.98 Å². The number of rotatable bonds is 4. The number of aryl methyl sites for hydroxylation is 1. The third-order valence-corrected chi connectivity index (χ3v) is 3.82. The zero-order valence-corrected chi connectivity index (χ0v) is 14.4. The molecule has 7 heteroatoms. The Morgan fingerprint density at radius 3 is 2.77 bits per heavy atom. The minimum atomic E-state index is 0.0660. The van der Waals surface area contributed by atoms with Gasteiger partial charge in [0.1, 0.15) is 5.75 Å². The molecule has 2 aromatic carbocycles. The van der Waals surface area contributed by atoms with Crippen molar-refractivity contribution in [3.05, 3.63) is 60.6 Å². The topological polar surface area (TPSA) is 101 Å². The van der Waals surface area contributed by atoms with Gasteiger partial charge in [-0.15, -0.1) is 0 Å². The molecule has 0 bridgehead atoms. The van der Waals surface area contributed by atoms with E-state index < -0.39 is 0 Å². The number of benzene rings is 2. The molecule has 1 heterocycles. The molecule has 0 aliphatic rings.